The number of hydrogen-bond acceptors (Lipinski definition) is 7. The fourth-order valence-corrected chi connectivity index (χ4v) is 3.14. The van der Waals surface area contributed by atoms with Crippen molar-refractivity contribution in [3.05, 3.63) is 35.8 Å². The SMILES string of the molecule is COCCCc1nc(N)nc2sc(-c3ccc(F)cc3)nc12.N. The van der Waals surface area contributed by atoms with Crippen LogP contribution in [0.15, 0.2) is 24.3 Å². The van der Waals surface area contributed by atoms with Crippen LogP contribution in [0.25, 0.3) is 20.9 Å². The number of thiazole rings is 1. The van der Waals surface area contributed by atoms with Crippen LogP contribution in [0.1, 0.15) is 12.1 Å². The lowest BCUT2D eigenvalue weighted by Gasteiger charge is -2.02. The highest BCUT2D eigenvalue weighted by Gasteiger charge is 2.13. The third-order valence-electron chi connectivity index (χ3n) is 3.20. The molecule has 0 amide bonds. The van der Waals surface area contributed by atoms with Crippen molar-refractivity contribution >= 4 is 27.6 Å². The van der Waals surface area contributed by atoms with Crippen LogP contribution in [0.3, 0.4) is 0 Å². The first kappa shape index (κ1) is 17.2. The molecule has 122 valence electrons. The van der Waals surface area contributed by atoms with Gasteiger partial charge in [-0.2, -0.15) is 0 Å². The van der Waals surface area contributed by atoms with E-state index in [2.05, 4.69) is 15.0 Å². The zero-order chi connectivity index (χ0) is 15.5. The molecule has 5 N–H and O–H groups in total. The van der Waals surface area contributed by atoms with Gasteiger partial charge in [-0.05, 0) is 37.1 Å². The summed E-state index contributed by atoms with van der Waals surface area (Å²) >= 11 is 1.43. The van der Waals surface area contributed by atoms with Crippen LogP contribution >= 0.6 is 11.3 Å². The Balaban J connectivity index is 0.00000192. The van der Waals surface area contributed by atoms with E-state index in [1.54, 1.807) is 19.2 Å². The number of aromatic nitrogens is 3. The number of ether oxygens (including phenoxy) is 1. The topological polar surface area (TPSA) is 109 Å². The van der Waals surface area contributed by atoms with Gasteiger partial charge in [0.05, 0.1) is 5.69 Å². The number of nitrogen functional groups attached to an aromatic ring is 1. The van der Waals surface area contributed by atoms with Gasteiger partial charge in [0.15, 0.2) is 0 Å². The lowest BCUT2D eigenvalue weighted by Crippen LogP contribution is -2.01. The highest BCUT2D eigenvalue weighted by atomic mass is 32.1. The molecule has 3 rings (SSSR count). The summed E-state index contributed by atoms with van der Waals surface area (Å²) in [6.45, 7) is 0.653. The Kier molecular flexibility index (Phi) is 5.54. The summed E-state index contributed by atoms with van der Waals surface area (Å²) in [5.74, 6) is -0.0247. The Morgan fingerprint density at radius 1 is 1.17 bits per heavy atom. The van der Waals surface area contributed by atoms with Crippen LogP contribution in [-0.4, -0.2) is 28.7 Å². The fourth-order valence-electron chi connectivity index (χ4n) is 2.17. The predicted molar refractivity (Wildman–Crippen MR) is 90.2 cm³/mol. The minimum Gasteiger partial charge on any atom is -0.385 e. The summed E-state index contributed by atoms with van der Waals surface area (Å²) < 4.78 is 18.1. The first-order valence-electron chi connectivity index (χ1n) is 6.85. The number of benzene rings is 1. The highest BCUT2D eigenvalue weighted by molar-refractivity contribution is 7.21. The summed E-state index contributed by atoms with van der Waals surface area (Å²) in [6.07, 6.45) is 1.56. The van der Waals surface area contributed by atoms with Gasteiger partial charge in [-0.3, -0.25) is 0 Å². The zero-order valence-electron chi connectivity index (χ0n) is 12.8. The highest BCUT2D eigenvalue weighted by Crippen LogP contribution is 2.31. The molecule has 1 aromatic carbocycles. The lowest BCUT2D eigenvalue weighted by molar-refractivity contribution is 0.195. The molecule has 0 saturated heterocycles. The number of methoxy groups -OCH3 is 1. The van der Waals surface area contributed by atoms with Crippen molar-refractivity contribution < 1.29 is 9.13 Å². The van der Waals surface area contributed by atoms with Gasteiger partial charge in [0.1, 0.15) is 21.2 Å². The summed E-state index contributed by atoms with van der Waals surface area (Å²) in [5.41, 5.74) is 8.21. The monoisotopic (exact) mass is 335 g/mol. The van der Waals surface area contributed by atoms with Gasteiger partial charge in [-0.1, -0.05) is 11.3 Å². The molecule has 0 saturated carbocycles. The molecule has 0 bridgehead atoms. The van der Waals surface area contributed by atoms with Crippen LogP contribution < -0.4 is 11.9 Å². The van der Waals surface area contributed by atoms with Gasteiger partial charge in [-0.25, -0.2) is 19.3 Å². The van der Waals surface area contributed by atoms with Crippen molar-refractivity contribution in [2.45, 2.75) is 12.8 Å². The van der Waals surface area contributed by atoms with Crippen LogP contribution in [0.4, 0.5) is 10.3 Å². The van der Waals surface area contributed by atoms with E-state index in [0.717, 1.165) is 39.5 Å². The molecule has 0 atom stereocenters. The quantitative estimate of drug-likeness (QED) is 0.693. The molecule has 8 heteroatoms. The van der Waals surface area contributed by atoms with Crippen molar-refractivity contribution in [1.82, 2.24) is 21.1 Å². The normalized spacial score (nSPS) is 10.7. The van der Waals surface area contributed by atoms with Crippen LogP contribution in [-0.2, 0) is 11.2 Å². The molecule has 3 aromatic rings. The summed E-state index contributed by atoms with van der Waals surface area (Å²) in [7, 11) is 1.67. The first-order chi connectivity index (χ1) is 10.7. The predicted octanol–water partition coefficient (Wildman–Crippen LogP) is 3.22. The largest absolute Gasteiger partial charge is 0.385 e. The summed E-state index contributed by atoms with van der Waals surface area (Å²) in [5, 5.41) is 0.780. The van der Waals surface area contributed by atoms with Gasteiger partial charge in [0.25, 0.3) is 0 Å². The second-order valence-electron chi connectivity index (χ2n) is 4.80. The summed E-state index contributed by atoms with van der Waals surface area (Å²) in [4.78, 5) is 13.9. The molecule has 0 aliphatic rings. The molecule has 0 unspecified atom stereocenters. The maximum Gasteiger partial charge on any atom is 0.221 e. The average Bonchev–Trinajstić information content (AvgIpc) is 2.92. The number of hydrogen-bond donors (Lipinski definition) is 2. The Labute approximate surface area is 137 Å². The van der Waals surface area contributed by atoms with Crippen molar-refractivity contribution in [2.24, 2.45) is 0 Å². The molecular formula is C15H18FN5OS. The number of anilines is 1. The van der Waals surface area contributed by atoms with Crippen LogP contribution in [0, 0.1) is 5.82 Å². The van der Waals surface area contributed by atoms with Gasteiger partial charge in [0, 0.05) is 19.3 Å². The van der Waals surface area contributed by atoms with E-state index in [1.165, 1.54) is 23.5 Å². The molecule has 0 radical (unpaired) electrons. The molecule has 0 spiro atoms. The van der Waals surface area contributed by atoms with E-state index >= 15 is 0 Å². The van der Waals surface area contributed by atoms with Gasteiger partial charge in [0.2, 0.25) is 5.95 Å². The van der Waals surface area contributed by atoms with Crippen molar-refractivity contribution in [3.8, 4) is 10.6 Å². The standard InChI is InChI=1S/C15H15FN4OS.H3N/c1-21-8-2-3-11-12-14(20-15(17)18-11)22-13(19-12)9-4-6-10(16)7-5-9;/h4-7H,2-3,8H2,1H3,(H2,17,18,20);1H3. The molecule has 6 nitrogen and oxygen atoms in total. The van der Waals surface area contributed by atoms with E-state index in [9.17, 15) is 4.39 Å². The first-order valence-corrected chi connectivity index (χ1v) is 7.67. The van der Waals surface area contributed by atoms with Crippen LogP contribution in [0.2, 0.25) is 0 Å². The third kappa shape index (κ3) is 3.79. The van der Waals surface area contributed by atoms with E-state index in [-0.39, 0.29) is 17.9 Å². The summed E-state index contributed by atoms with van der Waals surface area (Å²) in [6, 6.07) is 6.24. The number of nitrogens with zero attached hydrogens (tertiary/aromatic N) is 3. The van der Waals surface area contributed by atoms with Gasteiger partial charge >= 0.3 is 0 Å². The molecule has 0 aliphatic heterocycles. The molecular weight excluding hydrogens is 317 g/mol. The van der Waals surface area contributed by atoms with E-state index < -0.39 is 0 Å². The van der Waals surface area contributed by atoms with Crippen molar-refractivity contribution in [1.29, 1.82) is 0 Å². The minimum absolute atomic E-state index is 0. The molecule has 2 aromatic heterocycles. The average molecular weight is 335 g/mol. The fraction of sp³-hybridized carbons (Fsp3) is 0.267. The Hall–Kier alpha value is -2.16. The number of aryl methyl sites for hydroxylation is 1. The van der Waals surface area contributed by atoms with E-state index in [0.29, 0.717) is 6.61 Å². The minimum atomic E-state index is -0.269. The van der Waals surface area contributed by atoms with E-state index in [1.807, 2.05) is 0 Å². The molecule has 0 fully saturated rings. The zero-order valence-corrected chi connectivity index (χ0v) is 13.6. The molecule has 23 heavy (non-hydrogen) atoms. The maximum absolute atomic E-state index is 13.0. The van der Waals surface area contributed by atoms with Gasteiger partial charge in [-0.15, -0.1) is 0 Å². The van der Waals surface area contributed by atoms with Gasteiger partial charge < -0.3 is 16.6 Å². The smallest absolute Gasteiger partial charge is 0.221 e. The Bertz CT molecular complexity index is 790. The van der Waals surface area contributed by atoms with Crippen molar-refractivity contribution in [2.75, 3.05) is 19.5 Å². The Morgan fingerprint density at radius 3 is 2.61 bits per heavy atom. The second-order valence-corrected chi connectivity index (χ2v) is 5.78. The third-order valence-corrected chi connectivity index (χ3v) is 4.20. The number of nitrogens with two attached hydrogens (primary N) is 1. The maximum atomic E-state index is 13.0. The van der Waals surface area contributed by atoms with E-state index in [4.69, 9.17) is 10.5 Å². The number of halogens is 1. The number of rotatable bonds is 5. The van der Waals surface area contributed by atoms with Crippen LogP contribution in [0.5, 0.6) is 0 Å². The van der Waals surface area contributed by atoms with Crippen molar-refractivity contribution in [3.63, 3.8) is 0 Å². The molecule has 2 heterocycles. The molecule has 0 aliphatic carbocycles. The second kappa shape index (κ2) is 7.40. The Morgan fingerprint density at radius 2 is 1.91 bits per heavy atom. The number of fused-ring (bicyclic) bond motifs is 1. The lowest BCUT2D eigenvalue weighted by atomic mass is 10.2.